The second kappa shape index (κ2) is 3.84. The number of nitrogens with zero attached hydrogens (tertiary/aromatic N) is 2. The van der Waals surface area contributed by atoms with E-state index in [-0.39, 0.29) is 12.1 Å². The number of aliphatic hydroxyl groups excluding tert-OH is 1. The van der Waals surface area contributed by atoms with E-state index in [4.69, 9.17) is 9.47 Å². The van der Waals surface area contributed by atoms with Gasteiger partial charge in [0.2, 0.25) is 0 Å². The van der Waals surface area contributed by atoms with Gasteiger partial charge in [-0.2, -0.15) is 0 Å². The smallest absolute Gasteiger partial charge is 0.161 e. The number of hydrogen-bond donors (Lipinski definition) is 1. The molecule has 2 heterocycles. The van der Waals surface area contributed by atoms with Gasteiger partial charge in [0.1, 0.15) is 6.04 Å². The second-order valence-corrected chi connectivity index (χ2v) is 4.56. The fraction of sp³-hybridized carbons (Fsp3) is 0.500. The predicted octanol–water partition coefficient (Wildman–Crippen LogP) is 1.55. The van der Waals surface area contributed by atoms with Crippen LogP contribution in [0.5, 0.6) is 11.5 Å². The van der Waals surface area contributed by atoms with Crippen molar-refractivity contribution in [1.29, 1.82) is 0 Å². The van der Waals surface area contributed by atoms with Crippen molar-refractivity contribution < 1.29 is 14.6 Å². The average molecular weight is 250 g/mol. The Morgan fingerprint density at radius 1 is 1.28 bits per heavy atom. The lowest BCUT2D eigenvalue weighted by atomic mass is 9.89. The van der Waals surface area contributed by atoms with E-state index in [9.17, 15) is 10.0 Å². The molecule has 0 spiro atoms. The molecule has 0 aliphatic carbocycles. The molecule has 6 heteroatoms. The van der Waals surface area contributed by atoms with Crippen LogP contribution >= 0.6 is 0 Å². The minimum absolute atomic E-state index is 0.155. The summed E-state index contributed by atoms with van der Waals surface area (Å²) in [4.78, 5) is 10.9. The summed E-state index contributed by atoms with van der Waals surface area (Å²) in [5.74, 6) is 1.23. The molecule has 2 aliphatic rings. The summed E-state index contributed by atoms with van der Waals surface area (Å²) in [6.07, 6.45) is -0.0305. The number of hydrogen-bond acceptors (Lipinski definition) is 5. The lowest BCUT2D eigenvalue weighted by molar-refractivity contribution is 0.119. The molecule has 0 radical (unpaired) electrons. The maximum absolute atomic E-state index is 10.9. The molecule has 96 valence electrons. The zero-order valence-electron chi connectivity index (χ0n) is 10.2. The summed E-state index contributed by atoms with van der Waals surface area (Å²) in [7, 11) is 3.13. The van der Waals surface area contributed by atoms with Crippen LogP contribution < -0.4 is 9.47 Å². The first-order valence-corrected chi connectivity index (χ1v) is 5.76. The largest absolute Gasteiger partial charge is 0.493 e. The summed E-state index contributed by atoms with van der Waals surface area (Å²) >= 11 is 0. The van der Waals surface area contributed by atoms with Crippen molar-refractivity contribution in [3.63, 3.8) is 0 Å². The maximum Gasteiger partial charge on any atom is 0.161 e. The Morgan fingerprint density at radius 3 is 2.44 bits per heavy atom. The first-order valence-electron chi connectivity index (χ1n) is 5.76. The van der Waals surface area contributed by atoms with E-state index in [0.29, 0.717) is 17.9 Å². The molecule has 3 atom stereocenters. The number of aliphatic hydroxyl groups is 1. The number of rotatable bonds is 3. The molecule has 2 unspecified atom stereocenters. The van der Waals surface area contributed by atoms with Gasteiger partial charge in [0, 0.05) is 6.42 Å². The van der Waals surface area contributed by atoms with Crippen LogP contribution in [0.3, 0.4) is 0 Å². The van der Waals surface area contributed by atoms with E-state index in [1.807, 2.05) is 12.1 Å². The molecule has 3 rings (SSSR count). The van der Waals surface area contributed by atoms with Crippen molar-refractivity contribution in [1.82, 2.24) is 5.01 Å². The Labute approximate surface area is 104 Å². The highest BCUT2D eigenvalue weighted by Crippen LogP contribution is 2.55. The zero-order valence-corrected chi connectivity index (χ0v) is 10.2. The fourth-order valence-electron chi connectivity index (χ4n) is 3.02. The van der Waals surface area contributed by atoms with Gasteiger partial charge in [-0.3, -0.25) is 0 Å². The predicted molar refractivity (Wildman–Crippen MR) is 63.3 cm³/mol. The van der Waals surface area contributed by atoms with Crippen LogP contribution in [0.4, 0.5) is 0 Å². The van der Waals surface area contributed by atoms with Gasteiger partial charge in [0.25, 0.3) is 0 Å². The fourth-order valence-corrected chi connectivity index (χ4v) is 3.02. The van der Waals surface area contributed by atoms with Crippen LogP contribution in [0, 0.1) is 4.91 Å². The molecule has 2 bridgehead atoms. The van der Waals surface area contributed by atoms with Crippen molar-refractivity contribution in [3.8, 4) is 11.5 Å². The average Bonchev–Trinajstić information content (AvgIpc) is 2.87. The second-order valence-electron chi connectivity index (χ2n) is 4.56. The maximum atomic E-state index is 10.9. The van der Waals surface area contributed by atoms with Crippen molar-refractivity contribution in [2.45, 2.75) is 24.6 Å². The quantitative estimate of drug-likeness (QED) is 0.824. The molecule has 2 aliphatic heterocycles. The van der Waals surface area contributed by atoms with Gasteiger partial charge in [0.05, 0.1) is 31.7 Å². The first kappa shape index (κ1) is 11.3. The molecular formula is C12H14N2O4. The normalized spacial score (nSPS) is 28.2. The third kappa shape index (κ3) is 1.26. The van der Waals surface area contributed by atoms with Crippen molar-refractivity contribution in [2.24, 2.45) is 5.29 Å². The van der Waals surface area contributed by atoms with Gasteiger partial charge in [0.15, 0.2) is 11.5 Å². The van der Waals surface area contributed by atoms with E-state index in [1.54, 1.807) is 14.2 Å². The Bertz CT molecular complexity index is 505. The molecule has 18 heavy (non-hydrogen) atoms. The highest BCUT2D eigenvalue weighted by molar-refractivity contribution is 5.53. The Hall–Kier alpha value is -1.82. The number of methoxy groups -OCH3 is 2. The SMILES string of the molecule is COc1cc2c(cc1OC)C1[C@@H](O)CC2N1N=O. The van der Waals surface area contributed by atoms with Gasteiger partial charge < -0.3 is 14.6 Å². The van der Waals surface area contributed by atoms with Gasteiger partial charge >= 0.3 is 0 Å². The van der Waals surface area contributed by atoms with E-state index in [0.717, 1.165) is 11.1 Å². The van der Waals surface area contributed by atoms with Crippen molar-refractivity contribution >= 4 is 0 Å². The number of nitroso groups, excluding NO2 is 1. The summed E-state index contributed by atoms with van der Waals surface area (Å²) in [5.41, 5.74) is 1.89. The number of ether oxygens (including phenoxy) is 2. The third-order valence-electron chi connectivity index (χ3n) is 3.79. The summed E-state index contributed by atoms with van der Waals surface area (Å²) < 4.78 is 10.5. The monoisotopic (exact) mass is 250 g/mol. The zero-order chi connectivity index (χ0) is 12.9. The van der Waals surface area contributed by atoms with Crippen LogP contribution in [0.2, 0.25) is 0 Å². The molecule has 1 N–H and O–H groups in total. The summed E-state index contributed by atoms with van der Waals surface area (Å²) in [6.45, 7) is 0. The van der Waals surface area contributed by atoms with E-state index >= 15 is 0 Å². The molecule has 0 saturated carbocycles. The highest BCUT2D eigenvalue weighted by Gasteiger charge is 2.50. The topological polar surface area (TPSA) is 71.4 Å². The van der Waals surface area contributed by atoms with E-state index in [2.05, 4.69) is 5.29 Å². The van der Waals surface area contributed by atoms with E-state index in [1.165, 1.54) is 5.01 Å². The molecule has 6 nitrogen and oxygen atoms in total. The minimum Gasteiger partial charge on any atom is -0.493 e. The molecule has 0 aromatic heterocycles. The van der Waals surface area contributed by atoms with Gasteiger partial charge in [-0.25, -0.2) is 5.01 Å². The van der Waals surface area contributed by atoms with Crippen LogP contribution in [0.15, 0.2) is 17.4 Å². The minimum atomic E-state index is -0.557. The summed E-state index contributed by atoms with van der Waals surface area (Å²) in [5, 5.41) is 14.4. The number of fused-ring (bicyclic) bond motifs is 5. The lowest BCUT2D eigenvalue weighted by Crippen LogP contribution is -2.19. The molecule has 1 aromatic rings. The molecular weight excluding hydrogens is 236 g/mol. The Kier molecular flexibility index (Phi) is 2.41. The molecule has 1 fully saturated rings. The van der Waals surface area contributed by atoms with Crippen molar-refractivity contribution in [3.05, 3.63) is 28.2 Å². The molecule has 0 amide bonds. The van der Waals surface area contributed by atoms with Crippen LogP contribution in [-0.2, 0) is 0 Å². The lowest BCUT2D eigenvalue weighted by Gasteiger charge is -2.19. The molecule has 1 saturated heterocycles. The molecule has 1 aromatic carbocycles. The Balaban J connectivity index is 2.14. The highest BCUT2D eigenvalue weighted by atomic mass is 16.5. The standard InChI is InChI=1S/C12H14N2O4/c1-17-10-3-6-7(4-11(10)18-2)12-9(15)5-8(6)14(12)13-16/h3-4,8-9,12,15H,5H2,1-2H3/t8?,9-,12?/m0/s1. The van der Waals surface area contributed by atoms with Crippen LogP contribution in [0.25, 0.3) is 0 Å². The van der Waals surface area contributed by atoms with Gasteiger partial charge in [-0.1, -0.05) is 0 Å². The van der Waals surface area contributed by atoms with Gasteiger partial charge in [-0.15, -0.1) is 4.91 Å². The van der Waals surface area contributed by atoms with Crippen molar-refractivity contribution in [2.75, 3.05) is 14.2 Å². The van der Waals surface area contributed by atoms with Crippen LogP contribution in [-0.4, -0.2) is 30.4 Å². The first-order chi connectivity index (χ1) is 8.71. The Morgan fingerprint density at radius 2 is 1.89 bits per heavy atom. The van der Waals surface area contributed by atoms with E-state index < -0.39 is 6.10 Å². The van der Waals surface area contributed by atoms with Crippen LogP contribution in [0.1, 0.15) is 29.6 Å². The van der Waals surface area contributed by atoms with Gasteiger partial charge in [-0.05, 0) is 23.3 Å². The number of benzene rings is 1. The summed E-state index contributed by atoms with van der Waals surface area (Å²) in [6, 6.07) is 3.17. The third-order valence-corrected chi connectivity index (χ3v) is 3.79.